The number of nitrogens with zero attached hydrogens (tertiary/aromatic N) is 1. The zero-order chi connectivity index (χ0) is 16.0. The molecule has 3 N–H and O–H groups in total. The SMILES string of the molecule is COc1cc(/C=N/NC(=O)CCC2(O)CCCC2)ccc1O. The van der Waals surface area contributed by atoms with Crippen LogP contribution >= 0.6 is 0 Å². The number of phenols is 1. The van der Waals surface area contributed by atoms with Gasteiger partial charge in [0.25, 0.3) is 0 Å². The topological polar surface area (TPSA) is 91.2 Å². The molecular weight excluding hydrogens is 284 g/mol. The van der Waals surface area contributed by atoms with E-state index in [0.29, 0.717) is 17.7 Å². The van der Waals surface area contributed by atoms with Crippen molar-refractivity contribution in [3.8, 4) is 11.5 Å². The number of amides is 1. The summed E-state index contributed by atoms with van der Waals surface area (Å²) in [6, 6.07) is 4.78. The van der Waals surface area contributed by atoms with Crippen molar-refractivity contribution in [2.75, 3.05) is 7.11 Å². The van der Waals surface area contributed by atoms with Crippen molar-refractivity contribution in [1.29, 1.82) is 0 Å². The van der Waals surface area contributed by atoms with Crippen molar-refractivity contribution in [3.05, 3.63) is 23.8 Å². The summed E-state index contributed by atoms with van der Waals surface area (Å²) in [5.41, 5.74) is 2.46. The molecule has 0 saturated heterocycles. The maximum atomic E-state index is 11.7. The van der Waals surface area contributed by atoms with E-state index in [4.69, 9.17) is 4.74 Å². The number of aromatic hydroxyl groups is 1. The minimum absolute atomic E-state index is 0.0495. The molecule has 1 fully saturated rings. The molecule has 1 amide bonds. The van der Waals surface area contributed by atoms with Crippen LogP contribution in [0.3, 0.4) is 0 Å². The summed E-state index contributed by atoms with van der Waals surface area (Å²) in [6.07, 6.45) is 5.81. The zero-order valence-corrected chi connectivity index (χ0v) is 12.7. The molecule has 22 heavy (non-hydrogen) atoms. The molecule has 0 spiro atoms. The Kier molecular flexibility index (Phi) is 5.38. The van der Waals surface area contributed by atoms with Crippen molar-refractivity contribution in [1.82, 2.24) is 5.43 Å². The average molecular weight is 306 g/mol. The number of aliphatic hydroxyl groups is 1. The Hall–Kier alpha value is -2.08. The summed E-state index contributed by atoms with van der Waals surface area (Å²) in [7, 11) is 1.46. The highest BCUT2D eigenvalue weighted by Gasteiger charge is 2.31. The highest BCUT2D eigenvalue weighted by Crippen LogP contribution is 2.33. The molecule has 0 radical (unpaired) electrons. The Labute approximate surface area is 129 Å². The van der Waals surface area contributed by atoms with Gasteiger partial charge in [0.15, 0.2) is 11.5 Å². The van der Waals surface area contributed by atoms with Crippen LogP contribution in [-0.4, -0.2) is 35.0 Å². The van der Waals surface area contributed by atoms with Gasteiger partial charge in [0.05, 0.1) is 18.9 Å². The number of rotatable bonds is 6. The van der Waals surface area contributed by atoms with E-state index in [-0.39, 0.29) is 18.1 Å². The molecule has 2 rings (SSSR count). The molecule has 0 aromatic heterocycles. The van der Waals surface area contributed by atoms with E-state index in [1.807, 2.05) is 0 Å². The van der Waals surface area contributed by atoms with Crippen LogP contribution in [0, 0.1) is 0 Å². The molecule has 0 atom stereocenters. The van der Waals surface area contributed by atoms with Gasteiger partial charge in [0, 0.05) is 6.42 Å². The third kappa shape index (κ3) is 4.46. The maximum absolute atomic E-state index is 11.7. The Morgan fingerprint density at radius 2 is 2.18 bits per heavy atom. The average Bonchev–Trinajstić information content (AvgIpc) is 2.94. The molecule has 0 unspecified atom stereocenters. The molecule has 6 nitrogen and oxygen atoms in total. The van der Waals surface area contributed by atoms with Crippen LogP contribution in [0.4, 0.5) is 0 Å². The van der Waals surface area contributed by atoms with Gasteiger partial charge in [-0.15, -0.1) is 0 Å². The van der Waals surface area contributed by atoms with Gasteiger partial charge in [-0.05, 0) is 43.0 Å². The number of nitrogens with one attached hydrogen (secondary N) is 1. The molecule has 1 aliphatic rings. The van der Waals surface area contributed by atoms with E-state index in [1.165, 1.54) is 19.4 Å². The first-order valence-electron chi connectivity index (χ1n) is 7.44. The number of hydrogen-bond acceptors (Lipinski definition) is 5. The Bertz CT molecular complexity index is 551. The van der Waals surface area contributed by atoms with E-state index in [9.17, 15) is 15.0 Å². The van der Waals surface area contributed by atoms with Gasteiger partial charge in [-0.25, -0.2) is 5.43 Å². The summed E-state index contributed by atoms with van der Waals surface area (Å²) in [5, 5.41) is 23.5. The lowest BCUT2D eigenvalue weighted by atomic mass is 9.96. The highest BCUT2D eigenvalue weighted by molar-refractivity contribution is 5.83. The number of methoxy groups -OCH3 is 1. The van der Waals surface area contributed by atoms with Gasteiger partial charge in [0.1, 0.15) is 0 Å². The van der Waals surface area contributed by atoms with Crippen LogP contribution in [0.15, 0.2) is 23.3 Å². The van der Waals surface area contributed by atoms with Crippen molar-refractivity contribution in [3.63, 3.8) is 0 Å². The third-order valence-electron chi connectivity index (χ3n) is 3.96. The van der Waals surface area contributed by atoms with E-state index >= 15 is 0 Å². The summed E-state index contributed by atoms with van der Waals surface area (Å²) in [6.45, 7) is 0. The Balaban J connectivity index is 1.80. The van der Waals surface area contributed by atoms with Gasteiger partial charge in [-0.2, -0.15) is 5.10 Å². The number of ether oxygens (including phenoxy) is 1. The first kappa shape index (κ1) is 16.3. The van der Waals surface area contributed by atoms with Gasteiger partial charge in [0.2, 0.25) is 5.91 Å². The van der Waals surface area contributed by atoms with Crippen molar-refractivity contribution in [2.24, 2.45) is 5.10 Å². The number of carbonyl (C=O) groups is 1. The van der Waals surface area contributed by atoms with E-state index in [2.05, 4.69) is 10.5 Å². The van der Waals surface area contributed by atoms with Crippen LogP contribution in [-0.2, 0) is 4.79 Å². The number of benzene rings is 1. The minimum Gasteiger partial charge on any atom is -0.504 e. The van der Waals surface area contributed by atoms with Crippen molar-refractivity contribution >= 4 is 12.1 Å². The monoisotopic (exact) mass is 306 g/mol. The molecule has 1 saturated carbocycles. The second kappa shape index (κ2) is 7.26. The normalized spacial score (nSPS) is 16.8. The fourth-order valence-electron chi connectivity index (χ4n) is 2.64. The number of hydrazone groups is 1. The molecule has 1 aliphatic carbocycles. The summed E-state index contributed by atoms with van der Waals surface area (Å²) >= 11 is 0. The summed E-state index contributed by atoms with van der Waals surface area (Å²) in [5.74, 6) is 0.176. The largest absolute Gasteiger partial charge is 0.504 e. The molecule has 0 heterocycles. The predicted molar refractivity (Wildman–Crippen MR) is 83.0 cm³/mol. The lowest BCUT2D eigenvalue weighted by Crippen LogP contribution is -2.27. The van der Waals surface area contributed by atoms with Crippen LogP contribution in [0.5, 0.6) is 11.5 Å². The second-order valence-electron chi connectivity index (χ2n) is 5.66. The lowest BCUT2D eigenvalue weighted by molar-refractivity contribution is -0.122. The molecule has 0 aliphatic heterocycles. The van der Waals surface area contributed by atoms with Crippen LogP contribution in [0.1, 0.15) is 44.1 Å². The smallest absolute Gasteiger partial charge is 0.240 e. The number of phenolic OH excluding ortho intramolecular Hbond substituents is 1. The van der Waals surface area contributed by atoms with Crippen LogP contribution < -0.4 is 10.2 Å². The third-order valence-corrected chi connectivity index (χ3v) is 3.96. The lowest BCUT2D eigenvalue weighted by Gasteiger charge is -2.20. The van der Waals surface area contributed by atoms with Gasteiger partial charge < -0.3 is 14.9 Å². The molecule has 1 aromatic carbocycles. The van der Waals surface area contributed by atoms with Crippen LogP contribution in [0.2, 0.25) is 0 Å². The highest BCUT2D eigenvalue weighted by atomic mass is 16.5. The van der Waals surface area contributed by atoms with Gasteiger partial charge >= 0.3 is 0 Å². The molecular formula is C16H22N2O4. The minimum atomic E-state index is -0.675. The van der Waals surface area contributed by atoms with Crippen molar-refractivity contribution in [2.45, 2.75) is 44.1 Å². The summed E-state index contributed by atoms with van der Waals surface area (Å²) in [4.78, 5) is 11.7. The number of hydrogen-bond donors (Lipinski definition) is 3. The Morgan fingerprint density at radius 3 is 2.86 bits per heavy atom. The Morgan fingerprint density at radius 1 is 1.45 bits per heavy atom. The fourth-order valence-corrected chi connectivity index (χ4v) is 2.64. The molecule has 1 aromatic rings. The quantitative estimate of drug-likeness (QED) is 0.553. The zero-order valence-electron chi connectivity index (χ0n) is 12.7. The molecule has 120 valence electrons. The first-order chi connectivity index (χ1) is 10.5. The van der Waals surface area contributed by atoms with Crippen LogP contribution in [0.25, 0.3) is 0 Å². The standard InChI is InChI=1S/C16H22N2O4/c1-22-14-10-12(4-5-13(14)19)11-17-18-15(20)6-9-16(21)7-2-3-8-16/h4-5,10-11,19,21H,2-3,6-9H2,1H3,(H,18,20)/b17-11+. The van der Waals surface area contributed by atoms with Gasteiger partial charge in [-0.3, -0.25) is 4.79 Å². The fraction of sp³-hybridized carbons (Fsp3) is 0.500. The van der Waals surface area contributed by atoms with E-state index in [1.54, 1.807) is 12.1 Å². The maximum Gasteiger partial charge on any atom is 0.240 e. The first-order valence-corrected chi connectivity index (χ1v) is 7.44. The van der Waals surface area contributed by atoms with E-state index < -0.39 is 5.60 Å². The predicted octanol–water partition coefficient (Wildman–Crippen LogP) is 1.94. The summed E-state index contributed by atoms with van der Waals surface area (Å²) < 4.78 is 4.99. The molecule has 6 heteroatoms. The van der Waals surface area contributed by atoms with Crippen molar-refractivity contribution < 1.29 is 19.7 Å². The second-order valence-corrected chi connectivity index (χ2v) is 5.66. The molecule has 0 bridgehead atoms. The number of carbonyl (C=O) groups excluding carboxylic acids is 1. The van der Waals surface area contributed by atoms with Gasteiger partial charge in [-0.1, -0.05) is 12.8 Å². The van der Waals surface area contributed by atoms with E-state index in [0.717, 1.165) is 25.7 Å².